The summed E-state index contributed by atoms with van der Waals surface area (Å²) < 4.78 is 40.2. The molecule has 0 amide bonds. The van der Waals surface area contributed by atoms with Gasteiger partial charge in [0.25, 0.3) is 0 Å². The van der Waals surface area contributed by atoms with Crippen LogP contribution in [0.3, 0.4) is 0 Å². The monoisotopic (exact) mass is 432 g/mol. The Labute approximate surface area is 173 Å². The standard InChI is InChI=1S/C21H17ClO6S/c22-17-8-12-20(13-9-17)29(24,25)28-19-10-6-16(7-11-19)21(23)27-15-14-26-18-4-2-1-3-5-18/h1-13H,14-15H2. The van der Waals surface area contributed by atoms with Crippen LogP contribution in [0.4, 0.5) is 0 Å². The molecule has 0 aliphatic rings. The number of esters is 1. The molecule has 0 radical (unpaired) electrons. The van der Waals surface area contributed by atoms with Crippen LogP contribution in [0.5, 0.6) is 11.5 Å². The number of para-hydroxylation sites is 1. The Balaban J connectivity index is 1.52. The first-order valence-electron chi connectivity index (χ1n) is 8.59. The average Bonchev–Trinajstić information content (AvgIpc) is 2.72. The second-order valence-corrected chi connectivity index (χ2v) is 7.80. The van der Waals surface area contributed by atoms with Crippen LogP contribution in [0.25, 0.3) is 0 Å². The molecule has 3 aromatic carbocycles. The predicted molar refractivity (Wildman–Crippen MR) is 108 cm³/mol. The largest absolute Gasteiger partial charge is 0.490 e. The van der Waals surface area contributed by atoms with E-state index in [4.69, 9.17) is 25.3 Å². The van der Waals surface area contributed by atoms with Crippen LogP contribution >= 0.6 is 11.6 Å². The Morgan fingerprint density at radius 1 is 0.793 bits per heavy atom. The summed E-state index contributed by atoms with van der Waals surface area (Å²) in [4.78, 5) is 12.0. The molecule has 29 heavy (non-hydrogen) atoms. The highest BCUT2D eigenvalue weighted by atomic mass is 35.5. The third-order valence-corrected chi connectivity index (χ3v) is 5.24. The van der Waals surface area contributed by atoms with Gasteiger partial charge in [0, 0.05) is 5.02 Å². The van der Waals surface area contributed by atoms with Crippen molar-refractivity contribution in [3.8, 4) is 11.5 Å². The van der Waals surface area contributed by atoms with Gasteiger partial charge in [-0.05, 0) is 60.7 Å². The minimum Gasteiger partial charge on any atom is -0.490 e. The van der Waals surface area contributed by atoms with Crippen LogP contribution in [-0.4, -0.2) is 27.6 Å². The Morgan fingerprint density at radius 2 is 1.45 bits per heavy atom. The van der Waals surface area contributed by atoms with E-state index >= 15 is 0 Å². The highest BCUT2D eigenvalue weighted by molar-refractivity contribution is 7.87. The molecular formula is C21H17ClO6S. The molecule has 3 rings (SSSR count). The molecule has 0 aliphatic heterocycles. The molecule has 8 heteroatoms. The van der Waals surface area contributed by atoms with Crippen molar-refractivity contribution in [1.29, 1.82) is 0 Å². The van der Waals surface area contributed by atoms with Crippen molar-refractivity contribution in [3.05, 3.63) is 89.4 Å². The van der Waals surface area contributed by atoms with E-state index in [0.717, 1.165) is 0 Å². The van der Waals surface area contributed by atoms with Crippen molar-refractivity contribution in [3.63, 3.8) is 0 Å². The van der Waals surface area contributed by atoms with Crippen molar-refractivity contribution >= 4 is 27.7 Å². The number of ether oxygens (including phenoxy) is 2. The number of hydrogen-bond acceptors (Lipinski definition) is 6. The SMILES string of the molecule is O=C(OCCOc1ccccc1)c1ccc(OS(=O)(=O)c2ccc(Cl)cc2)cc1. The van der Waals surface area contributed by atoms with E-state index in [9.17, 15) is 13.2 Å². The normalized spacial score (nSPS) is 10.9. The fourth-order valence-corrected chi connectivity index (χ4v) is 3.37. The van der Waals surface area contributed by atoms with Gasteiger partial charge in [-0.15, -0.1) is 0 Å². The summed E-state index contributed by atoms with van der Waals surface area (Å²) in [5.74, 6) is 0.213. The molecule has 0 aromatic heterocycles. The molecule has 0 bridgehead atoms. The Bertz CT molecular complexity index is 1050. The maximum absolute atomic E-state index is 12.3. The lowest BCUT2D eigenvalue weighted by atomic mass is 10.2. The Morgan fingerprint density at radius 3 is 2.10 bits per heavy atom. The summed E-state index contributed by atoms with van der Waals surface area (Å²) in [6.07, 6.45) is 0. The first kappa shape index (κ1) is 20.7. The van der Waals surface area contributed by atoms with Crippen LogP contribution in [0.1, 0.15) is 10.4 Å². The lowest BCUT2D eigenvalue weighted by molar-refractivity contribution is 0.0450. The van der Waals surface area contributed by atoms with E-state index in [1.165, 1.54) is 48.5 Å². The lowest BCUT2D eigenvalue weighted by Gasteiger charge is -2.09. The zero-order chi connectivity index (χ0) is 20.7. The van der Waals surface area contributed by atoms with Crippen molar-refractivity contribution in [2.45, 2.75) is 4.90 Å². The number of rotatable bonds is 8. The van der Waals surface area contributed by atoms with Gasteiger partial charge < -0.3 is 13.7 Å². The van der Waals surface area contributed by atoms with Crippen molar-refractivity contribution in [2.24, 2.45) is 0 Å². The van der Waals surface area contributed by atoms with Crippen LogP contribution in [0.2, 0.25) is 5.02 Å². The molecule has 0 fully saturated rings. The zero-order valence-electron chi connectivity index (χ0n) is 15.2. The van der Waals surface area contributed by atoms with E-state index in [0.29, 0.717) is 10.8 Å². The third kappa shape index (κ3) is 5.97. The molecule has 0 saturated heterocycles. The summed E-state index contributed by atoms with van der Waals surface area (Å²) in [5, 5.41) is 0.418. The Kier molecular flexibility index (Phi) is 6.74. The number of hydrogen-bond donors (Lipinski definition) is 0. The average molecular weight is 433 g/mol. The van der Waals surface area contributed by atoms with Gasteiger partial charge in [-0.3, -0.25) is 0 Å². The number of carbonyl (C=O) groups excluding carboxylic acids is 1. The molecule has 0 unspecified atom stereocenters. The predicted octanol–water partition coefficient (Wildman–Crippen LogP) is 4.34. The summed E-state index contributed by atoms with van der Waals surface area (Å²) in [7, 11) is -4.00. The Hall–Kier alpha value is -3.03. The smallest absolute Gasteiger partial charge is 0.339 e. The molecule has 6 nitrogen and oxygen atoms in total. The van der Waals surface area contributed by atoms with Gasteiger partial charge >= 0.3 is 16.1 Å². The molecule has 0 atom stereocenters. The molecule has 0 aliphatic carbocycles. The first-order chi connectivity index (χ1) is 13.9. The summed E-state index contributed by atoms with van der Waals surface area (Å²) in [6.45, 7) is 0.299. The number of halogens is 1. The minimum absolute atomic E-state index is 0.0243. The molecular weight excluding hydrogens is 416 g/mol. The van der Waals surface area contributed by atoms with Crippen molar-refractivity contribution < 1.29 is 26.9 Å². The summed E-state index contributed by atoms with van der Waals surface area (Å²) in [6, 6.07) is 20.4. The van der Waals surface area contributed by atoms with Crippen LogP contribution < -0.4 is 8.92 Å². The summed E-state index contributed by atoms with van der Waals surface area (Å²) in [5.41, 5.74) is 0.265. The van der Waals surface area contributed by atoms with Gasteiger partial charge in [0.2, 0.25) is 0 Å². The molecule has 150 valence electrons. The van der Waals surface area contributed by atoms with Crippen LogP contribution in [0.15, 0.2) is 83.8 Å². The zero-order valence-corrected chi connectivity index (χ0v) is 16.7. The minimum atomic E-state index is -4.00. The number of benzene rings is 3. The fraction of sp³-hybridized carbons (Fsp3) is 0.0952. The summed E-state index contributed by atoms with van der Waals surface area (Å²) >= 11 is 5.76. The quantitative estimate of drug-likeness (QED) is 0.299. The van der Waals surface area contributed by atoms with E-state index in [2.05, 4.69) is 0 Å². The van der Waals surface area contributed by atoms with Gasteiger partial charge in [0.05, 0.1) is 5.56 Å². The second-order valence-electron chi connectivity index (χ2n) is 5.81. The van der Waals surface area contributed by atoms with Gasteiger partial charge in [-0.2, -0.15) is 8.42 Å². The van der Waals surface area contributed by atoms with Gasteiger partial charge in [-0.25, -0.2) is 4.79 Å². The second kappa shape index (κ2) is 9.45. The maximum Gasteiger partial charge on any atom is 0.339 e. The molecule has 3 aromatic rings. The van der Waals surface area contributed by atoms with E-state index in [1.54, 1.807) is 12.1 Å². The number of carbonyl (C=O) groups is 1. The molecule has 0 spiro atoms. The molecule has 0 heterocycles. The van der Waals surface area contributed by atoms with Crippen LogP contribution in [-0.2, 0) is 14.9 Å². The molecule has 0 saturated carbocycles. The maximum atomic E-state index is 12.3. The topological polar surface area (TPSA) is 78.9 Å². The van der Waals surface area contributed by atoms with Crippen molar-refractivity contribution in [1.82, 2.24) is 0 Å². The van der Waals surface area contributed by atoms with Gasteiger partial charge in [0.15, 0.2) is 0 Å². The molecule has 0 N–H and O–H groups in total. The highest BCUT2D eigenvalue weighted by Crippen LogP contribution is 2.21. The van der Waals surface area contributed by atoms with Gasteiger partial charge in [-0.1, -0.05) is 29.8 Å². The van der Waals surface area contributed by atoms with Crippen LogP contribution in [0, 0.1) is 0 Å². The lowest BCUT2D eigenvalue weighted by Crippen LogP contribution is -2.12. The highest BCUT2D eigenvalue weighted by Gasteiger charge is 2.17. The van der Waals surface area contributed by atoms with Crippen molar-refractivity contribution in [2.75, 3.05) is 13.2 Å². The fourth-order valence-electron chi connectivity index (χ4n) is 2.32. The van der Waals surface area contributed by atoms with E-state index in [1.807, 2.05) is 18.2 Å². The first-order valence-corrected chi connectivity index (χ1v) is 10.4. The third-order valence-electron chi connectivity index (χ3n) is 3.73. The van der Waals surface area contributed by atoms with Gasteiger partial charge in [0.1, 0.15) is 29.6 Å². The van der Waals surface area contributed by atoms with E-state index < -0.39 is 16.1 Å². The van der Waals surface area contributed by atoms with E-state index in [-0.39, 0.29) is 29.4 Å².